The smallest absolute Gasteiger partial charge is 0.318 e. The number of hydrogen-bond acceptors (Lipinski definition) is 6. The van der Waals surface area contributed by atoms with E-state index >= 15 is 0 Å². The van der Waals surface area contributed by atoms with Crippen molar-refractivity contribution in [2.75, 3.05) is 20.2 Å². The van der Waals surface area contributed by atoms with Crippen molar-refractivity contribution in [2.45, 2.75) is 13.3 Å². The predicted octanol–water partition coefficient (Wildman–Crippen LogP) is 3.34. The zero-order chi connectivity index (χ0) is 21.3. The van der Waals surface area contributed by atoms with Crippen LogP contribution in [0.15, 0.2) is 48.5 Å². The van der Waals surface area contributed by atoms with Crippen molar-refractivity contribution in [1.82, 2.24) is 9.88 Å². The molecular weight excluding hydrogens is 400 g/mol. The number of benzene rings is 2. The summed E-state index contributed by atoms with van der Waals surface area (Å²) >= 11 is 1.49. The van der Waals surface area contributed by atoms with Gasteiger partial charge < -0.3 is 9.64 Å². The Morgan fingerprint density at radius 2 is 1.90 bits per heavy atom. The lowest BCUT2D eigenvalue weighted by atomic mass is 9.88. The maximum atomic E-state index is 12.9. The van der Waals surface area contributed by atoms with E-state index < -0.39 is 17.8 Å². The SMILES string of the molecule is COC(=O)C1CN(C(=O)Cc2nc3ccc(-c4ccccc4)cc3s2)CC(C)C1=O. The molecule has 7 heteroatoms. The molecule has 154 valence electrons. The summed E-state index contributed by atoms with van der Waals surface area (Å²) in [5.41, 5.74) is 3.09. The number of carbonyl (C=O) groups is 3. The molecule has 1 aromatic heterocycles. The minimum atomic E-state index is -0.911. The van der Waals surface area contributed by atoms with Crippen molar-refractivity contribution in [3.63, 3.8) is 0 Å². The van der Waals surface area contributed by atoms with Crippen LogP contribution in [0.3, 0.4) is 0 Å². The van der Waals surface area contributed by atoms with Gasteiger partial charge in [-0.3, -0.25) is 14.4 Å². The van der Waals surface area contributed by atoms with Crippen LogP contribution in [0.2, 0.25) is 0 Å². The van der Waals surface area contributed by atoms with Crippen LogP contribution in [0, 0.1) is 11.8 Å². The van der Waals surface area contributed by atoms with Crippen molar-refractivity contribution >= 4 is 39.2 Å². The van der Waals surface area contributed by atoms with Gasteiger partial charge in [-0.05, 0) is 23.3 Å². The molecule has 2 atom stereocenters. The second kappa shape index (κ2) is 8.36. The van der Waals surface area contributed by atoms with Crippen LogP contribution in [-0.2, 0) is 25.5 Å². The van der Waals surface area contributed by atoms with Gasteiger partial charge in [0.25, 0.3) is 0 Å². The van der Waals surface area contributed by atoms with E-state index in [2.05, 4.69) is 23.2 Å². The average molecular weight is 423 g/mol. The first-order valence-corrected chi connectivity index (χ1v) is 10.6. The summed E-state index contributed by atoms with van der Waals surface area (Å²) < 4.78 is 5.76. The summed E-state index contributed by atoms with van der Waals surface area (Å²) in [7, 11) is 1.26. The molecule has 0 radical (unpaired) electrons. The van der Waals surface area contributed by atoms with Crippen LogP contribution in [0.25, 0.3) is 21.3 Å². The van der Waals surface area contributed by atoms with Gasteiger partial charge in [0.05, 0.1) is 23.7 Å². The number of nitrogens with zero attached hydrogens (tertiary/aromatic N) is 2. The number of methoxy groups -OCH3 is 1. The van der Waals surface area contributed by atoms with Crippen molar-refractivity contribution in [3.05, 3.63) is 53.5 Å². The maximum absolute atomic E-state index is 12.9. The molecule has 1 amide bonds. The number of thiazole rings is 1. The molecule has 3 aromatic rings. The Morgan fingerprint density at radius 1 is 1.13 bits per heavy atom. The number of esters is 1. The lowest BCUT2D eigenvalue weighted by molar-refractivity contribution is -0.155. The average Bonchev–Trinajstić information content (AvgIpc) is 3.16. The van der Waals surface area contributed by atoms with Crippen LogP contribution >= 0.6 is 11.3 Å². The van der Waals surface area contributed by atoms with Gasteiger partial charge in [0.15, 0.2) is 5.78 Å². The number of rotatable bonds is 4. The number of hydrogen-bond donors (Lipinski definition) is 0. The van der Waals surface area contributed by atoms with Crippen molar-refractivity contribution in [3.8, 4) is 11.1 Å². The quantitative estimate of drug-likeness (QED) is 0.476. The molecule has 6 nitrogen and oxygen atoms in total. The molecule has 0 bridgehead atoms. The van der Waals surface area contributed by atoms with Gasteiger partial charge in [0, 0.05) is 19.0 Å². The van der Waals surface area contributed by atoms with Crippen molar-refractivity contribution in [2.24, 2.45) is 11.8 Å². The largest absolute Gasteiger partial charge is 0.468 e. The third-order valence-corrected chi connectivity index (χ3v) is 6.43. The van der Waals surface area contributed by atoms with E-state index in [1.165, 1.54) is 18.4 Å². The lowest BCUT2D eigenvalue weighted by Gasteiger charge is -2.34. The number of carbonyl (C=O) groups excluding carboxylic acids is 3. The fourth-order valence-corrected chi connectivity index (χ4v) is 4.78. The predicted molar refractivity (Wildman–Crippen MR) is 115 cm³/mol. The van der Waals surface area contributed by atoms with Gasteiger partial charge in [-0.1, -0.05) is 43.3 Å². The van der Waals surface area contributed by atoms with Gasteiger partial charge in [0.2, 0.25) is 5.91 Å². The van der Waals surface area contributed by atoms with Crippen LogP contribution in [0.4, 0.5) is 0 Å². The number of fused-ring (bicyclic) bond motifs is 1. The van der Waals surface area contributed by atoms with Crippen molar-refractivity contribution in [1.29, 1.82) is 0 Å². The molecular formula is C23H22N2O4S. The summed E-state index contributed by atoms with van der Waals surface area (Å²) in [6.07, 6.45) is 0.148. The third kappa shape index (κ3) is 3.98. The number of ketones is 1. The van der Waals surface area contributed by atoms with E-state index in [0.717, 1.165) is 26.4 Å². The van der Waals surface area contributed by atoms with Crippen molar-refractivity contribution < 1.29 is 19.1 Å². The van der Waals surface area contributed by atoms with Crippen LogP contribution in [-0.4, -0.2) is 47.7 Å². The zero-order valence-corrected chi connectivity index (χ0v) is 17.6. The zero-order valence-electron chi connectivity index (χ0n) is 16.8. The van der Waals surface area contributed by atoms with Gasteiger partial charge >= 0.3 is 5.97 Å². The number of ether oxygens (including phenoxy) is 1. The second-order valence-corrected chi connectivity index (χ2v) is 8.63. The normalized spacial score (nSPS) is 19.1. The molecule has 1 saturated heterocycles. The molecule has 2 heterocycles. The first-order chi connectivity index (χ1) is 14.5. The van der Waals surface area contributed by atoms with E-state index in [1.807, 2.05) is 30.3 Å². The highest BCUT2D eigenvalue weighted by atomic mass is 32.1. The molecule has 30 heavy (non-hydrogen) atoms. The van der Waals surface area contributed by atoms with E-state index in [1.54, 1.807) is 11.8 Å². The highest BCUT2D eigenvalue weighted by Gasteiger charge is 2.39. The van der Waals surface area contributed by atoms with Crippen LogP contribution in [0.5, 0.6) is 0 Å². The Kier molecular flexibility index (Phi) is 5.63. The number of likely N-dealkylation sites (tertiary alicyclic amines) is 1. The minimum absolute atomic E-state index is 0.0672. The standard InChI is InChI=1S/C23H22N2O4S/c1-14-12-25(13-17(22(14)27)23(28)29-2)21(26)11-20-24-18-9-8-16(10-19(18)30-20)15-6-4-3-5-7-15/h3-10,14,17H,11-13H2,1-2H3. The minimum Gasteiger partial charge on any atom is -0.468 e. The number of piperidine rings is 1. The fourth-order valence-electron chi connectivity index (χ4n) is 3.78. The Balaban J connectivity index is 1.51. The number of Topliss-reactive ketones (excluding diaryl/α,β-unsaturated/α-hetero) is 1. The van der Waals surface area contributed by atoms with Gasteiger partial charge in [-0.25, -0.2) is 4.98 Å². The third-order valence-electron chi connectivity index (χ3n) is 5.41. The van der Waals surface area contributed by atoms with Crippen LogP contribution in [0.1, 0.15) is 11.9 Å². The highest BCUT2D eigenvalue weighted by molar-refractivity contribution is 7.18. The monoisotopic (exact) mass is 422 g/mol. The van der Waals surface area contributed by atoms with Crippen LogP contribution < -0.4 is 0 Å². The summed E-state index contributed by atoms with van der Waals surface area (Å²) in [5, 5.41) is 0.722. The second-order valence-electron chi connectivity index (χ2n) is 7.51. The molecule has 4 rings (SSSR count). The molecule has 0 saturated carbocycles. The number of aromatic nitrogens is 1. The summed E-state index contributed by atoms with van der Waals surface area (Å²) in [6.45, 7) is 2.12. The van der Waals surface area contributed by atoms with Gasteiger partial charge in [-0.2, -0.15) is 0 Å². The number of amides is 1. The van der Waals surface area contributed by atoms with E-state index in [9.17, 15) is 14.4 Å². The Hall–Kier alpha value is -3.06. The molecule has 1 fully saturated rings. The van der Waals surface area contributed by atoms with E-state index in [-0.39, 0.29) is 24.7 Å². The first-order valence-electron chi connectivity index (χ1n) is 9.80. The Labute approximate surface area is 178 Å². The molecule has 0 spiro atoms. The first kappa shape index (κ1) is 20.2. The topological polar surface area (TPSA) is 76.6 Å². The summed E-state index contributed by atoms with van der Waals surface area (Å²) in [5.74, 6) is -2.19. The fraction of sp³-hybridized carbons (Fsp3) is 0.304. The van der Waals surface area contributed by atoms with E-state index in [0.29, 0.717) is 6.54 Å². The molecule has 0 aliphatic carbocycles. The Morgan fingerprint density at radius 3 is 2.63 bits per heavy atom. The summed E-state index contributed by atoms with van der Waals surface area (Å²) in [4.78, 5) is 43.2. The summed E-state index contributed by atoms with van der Waals surface area (Å²) in [6, 6.07) is 16.2. The van der Waals surface area contributed by atoms with Gasteiger partial charge in [-0.15, -0.1) is 11.3 Å². The highest BCUT2D eigenvalue weighted by Crippen LogP contribution is 2.29. The molecule has 2 unspecified atom stereocenters. The Bertz CT molecular complexity index is 1110. The lowest BCUT2D eigenvalue weighted by Crippen LogP contribution is -2.51. The van der Waals surface area contributed by atoms with Gasteiger partial charge in [0.1, 0.15) is 10.9 Å². The molecule has 1 aliphatic rings. The molecule has 0 N–H and O–H groups in total. The van der Waals surface area contributed by atoms with E-state index in [4.69, 9.17) is 4.74 Å². The molecule has 2 aromatic carbocycles. The molecule has 1 aliphatic heterocycles. The maximum Gasteiger partial charge on any atom is 0.318 e.